The van der Waals surface area contributed by atoms with Gasteiger partial charge in [0.15, 0.2) is 0 Å². The van der Waals surface area contributed by atoms with Crippen molar-refractivity contribution < 1.29 is 4.74 Å². The van der Waals surface area contributed by atoms with Gasteiger partial charge in [-0.2, -0.15) is 0 Å². The largest absolute Gasteiger partial charge is 0.375 e. The molecule has 1 aromatic rings. The summed E-state index contributed by atoms with van der Waals surface area (Å²) in [5.74, 6) is 0. The van der Waals surface area contributed by atoms with Crippen LogP contribution in [-0.4, -0.2) is 30.8 Å². The van der Waals surface area contributed by atoms with Crippen LogP contribution >= 0.6 is 0 Å². The van der Waals surface area contributed by atoms with Crippen LogP contribution in [0.3, 0.4) is 0 Å². The highest BCUT2D eigenvalue weighted by Crippen LogP contribution is 2.16. The van der Waals surface area contributed by atoms with Crippen molar-refractivity contribution in [3.05, 3.63) is 24.0 Å². The number of rotatable bonds is 2. The van der Waals surface area contributed by atoms with Crippen LogP contribution in [-0.2, 0) is 11.3 Å². The number of aromatic nitrogens is 1. The van der Waals surface area contributed by atoms with Crippen LogP contribution < -0.4 is 10.6 Å². The maximum absolute atomic E-state index is 5.50. The number of hydrogen-bond donors (Lipinski definition) is 1. The summed E-state index contributed by atoms with van der Waals surface area (Å²) in [7, 11) is 0. The van der Waals surface area contributed by atoms with Gasteiger partial charge in [0.2, 0.25) is 0 Å². The zero-order valence-corrected chi connectivity index (χ0v) is 9.02. The van der Waals surface area contributed by atoms with Gasteiger partial charge in [0, 0.05) is 19.6 Å². The number of morpholine rings is 1. The van der Waals surface area contributed by atoms with Crippen LogP contribution in [0.4, 0.5) is 5.69 Å². The summed E-state index contributed by atoms with van der Waals surface area (Å²) in [6.45, 7) is 5.26. The minimum atomic E-state index is 0.299. The molecule has 0 aliphatic carbocycles. The lowest BCUT2D eigenvalue weighted by atomic mass is 10.2. The van der Waals surface area contributed by atoms with E-state index in [0.29, 0.717) is 12.6 Å². The Bertz CT molecular complexity index is 312. The predicted octanol–water partition coefficient (Wildman–Crippen LogP) is 0.765. The van der Waals surface area contributed by atoms with E-state index in [2.05, 4.69) is 22.9 Å². The Hall–Kier alpha value is -1.13. The minimum Gasteiger partial charge on any atom is -0.375 e. The normalized spacial score (nSPS) is 21.7. The van der Waals surface area contributed by atoms with Gasteiger partial charge < -0.3 is 15.4 Å². The van der Waals surface area contributed by atoms with Crippen molar-refractivity contribution in [3.63, 3.8) is 0 Å². The molecule has 1 atom stereocenters. The Morgan fingerprint density at radius 3 is 3.07 bits per heavy atom. The number of pyridine rings is 1. The van der Waals surface area contributed by atoms with Crippen molar-refractivity contribution in [2.45, 2.75) is 19.6 Å². The second kappa shape index (κ2) is 4.59. The summed E-state index contributed by atoms with van der Waals surface area (Å²) in [4.78, 5) is 6.58. The van der Waals surface area contributed by atoms with E-state index in [1.807, 2.05) is 12.3 Å². The molecular formula is C11H17N3O. The summed E-state index contributed by atoms with van der Waals surface area (Å²) < 4.78 is 5.49. The van der Waals surface area contributed by atoms with Crippen LogP contribution in [0.5, 0.6) is 0 Å². The Kier molecular flexibility index (Phi) is 3.18. The van der Waals surface area contributed by atoms with Crippen LogP contribution in [0.2, 0.25) is 0 Å². The monoisotopic (exact) mass is 207 g/mol. The molecule has 0 aromatic carbocycles. The van der Waals surface area contributed by atoms with E-state index in [1.165, 1.54) is 0 Å². The Labute approximate surface area is 90.0 Å². The number of nitrogens with two attached hydrogens (primary N) is 1. The zero-order chi connectivity index (χ0) is 10.7. The SMILES string of the molecule is CC1CN(c2ccc(CN)nc2)CCO1. The molecule has 1 aliphatic rings. The van der Waals surface area contributed by atoms with Crippen LogP contribution in [0.15, 0.2) is 18.3 Å². The molecule has 4 nitrogen and oxygen atoms in total. The van der Waals surface area contributed by atoms with Crippen LogP contribution in [0.25, 0.3) is 0 Å². The fourth-order valence-electron chi connectivity index (χ4n) is 1.78. The molecule has 82 valence electrons. The van der Waals surface area contributed by atoms with E-state index < -0.39 is 0 Å². The molecule has 2 rings (SSSR count). The molecule has 1 unspecified atom stereocenters. The molecule has 2 heterocycles. The molecule has 0 spiro atoms. The van der Waals surface area contributed by atoms with E-state index in [-0.39, 0.29) is 0 Å². The van der Waals surface area contributed by atoms with Crippen molar-refractivity contribution in [2.75, 3.05) is 24.6 Å². The van der Waals surface area contributed by atoms with Gasteiger partial charge in [-0.3, -0.25) is 4.98 Å². The maximum Gasteiger partial charge on any atom is 0.0722 e. The molecule has 1 aromatic heterocycles. The van der Waals surface area contributed by atoms with Gasteiger partial charge in [-0.1, -0.05) is 0 Å². The lowest BCUT2D eigenvalue weighted by molar-refractivity contribution is 0.0532. The predicted molar refractivity (Wildman–Crippen MR) is 59.8 cm³/mol. The molecule has 4 heteroatoms. The van der Waals surface area contributed by atoms with Crippen molar-refractivity contribution in [1.82, 2.24) is 4.98 Å². The van der Waals surface area contributed by atoms with E-state index >= 15 is 0 Å². The quantitative estimate of drug-likeness (QED) is 0.778. The molecule has 1 aliphatic heterocycles. The molecule has 2 N–H and O–H groups in total. The number of anilines is 1. The summed E-state index contributed by atoms with van der Waals surface area (Å²) in [6.07, 6.45) is 2.19. The Balaban J connectivity index is 2.07. The molecule has 15 heavy (non-hydrogen) atoms. The van der Waals surface area contributed by atoms with Crippen molar-refractivity contribution in [3.8, 4) is 0 Å². The molecule has 0 amide bonds. The van der Waals surface area contributed by atoms with Gasteiger partial charge in [-0.15, -0.1) is 0 Å². The smallest absolute Gasteiger partial charge is 0.0722 e. The summed E-state index contributed by atoms with van der Waals surface area (Å²) in [5.41, 5.74) is 7.59. The van der Waals surface area contributed by atoms with Crippen LogP contribution in [0, 0.1) is 0 Å². The lowest BCUT2D eigenvalue weighted by Gasteiger charge is -2.32. The zero-order valence-electron chi connectivity index (χ0n) is 9.02. The first-order valence-corrected chi connectivity index (χ1v) is 5.31. The molecule has 0 radical (unpaired) electrons. The summed E-state index contributed by atoms with van der Waals surface area (Å²) in [5, 5.41) is 0. The Morgan fingerprint density at radius 1 is 1.60 bits per heavy atom. The van der Waals surface area contributed by atoms with Gasteiger partial charge in [-0.05, 0) is 19.1 Å². The first kappa shape index (κ1) is 10.4. The highest BCUT2D eigenvalue weighted by Gasteiger charge is 2.16. The topological polar surface area (TPSA) is 51.4 Å². The van der Waals surface area contributed by atoms with E-state index in [1.54, 1.807) is 0 Å². The third kappa shape index (κ3) is 2.46. The fraction of sp³-hybridized carbons (Fsp3) is 0.545. The second-order valence-electron chi connectivity index (χ2n) is 3.84. The highest BCUT2D eigenvalue weighted by atomic mass is 16.5. The molecule has 0 bridgehead atoms. The first-order valence-electron chi connectivity index (χ1n) is 5.31. The minimum absolute atomic E-state index is 0.299. The van der Waals surface area contributed by atoms with Gasteiger partial charge >= 0.3 is 0 Å². The molecule has 1 saturated heterocycles. The highest BCUT2D eigenvalue weighted by molar-refractivity contribution is 5.45. The van der Waals surface area contributed by atoms with Crippen LogP contribution in [0.1, 0.15) is 12.6 Å². The molecule has 1 fully saturated rings. The Morgan fingerprint density at radius 2 is 2.47 bits per heavy atom. The average molecular weight is 207 g/mol. The number of ether oxygens (including phenoxy) is 1. The van der Waals surface area contributed by atoms with Gasteiger partial charge in [0.1, 0.15) is 0 Å². The lowest BCUT2D eigenvalue weighted by Crippen LogP contribution is -2.41. The van der Waals surface area contributed by atoms with Crippen molar-refractivity contribution in [2.24, 2.45) is 5.73 Å². The average Bonchev–Trinajstić information content (AvgIpc) is 2.29. The van der Waals surface area contributed by atoms with E-state index in [4.69, 9.17) is 10.5 Å². The third-order valence-electron chi connectivity index (χ3n) is 2.62. The number of nitrogens with zero attached hydrogens (tertiary/aromatic N) is 2. The third-order valence-corrected chi connectivity index (χ3v) is 2.62. The maximum atomic E-state index is 5.50. The van der Waals surface area contributed by atoms with E-state index in [9.17, 15) is 0 Å². The van der Waals surface area contributed by atoms with Crippen molar-refractivity contribution >= 4 is 5.69 Å². The van der Waals surface area contributed by atoms with Crippen molar-refractivity contribution in [1.29, 1.82) is 0 Å². The fourth-order valence-corrected chi connectivity index (χ4v) is 1.78. The summed E-state index contributed by atoms with van der Waals surface area (Å²) >= 11 is 0. The standard InChI is InChI=1S/C11H17N3O/c1-9-8-14(4-5-15-9)11-3-2-10(6-12)13-7-11/h2-3,7,9H,4-6,8,12H2,1H3. The van der Waals surface area contributed by atoms with Gasteiger partial charge in [0.05, 0.1) is 30.3 Å². The molecular weight excluding hydrogens is 190 g/mol. The van der Waals surface area contributed by atoms with Gasteiger partial charge in [-0.25, -0.2) is 0 Å². The second-order valence-corrected chi connectivity index (χ2v) is 3.84. The van der Waals surface area contributed by atoms with E-state index in [0.717, 1.165) is 31.1 Å². The summed E-state index contributed by atoms with van der Waals surface area (Å²) in [6, 6.07) is 4.06. The van der Waals surface area contributed by atoms with Gasteiger partial charge in [0.25, 0.3) is 0 Å². The first-order chi connectivity index (χ1) is 7.29. The number of hydrogen-bond acceptors (Lipinski definition) is 4. The molecule has 0 saturated carbocycles.